The van der Waals surface area contributed by atoms with Crippen LogP contribution in [0.3, 0.4) is 0 Å². The number of furan rings is 1. The molecular weight excluding hydrogens is 198 g/mol. The van der Waals surface area contributed by atoms with Crippen LogP contribution in [0.5, 0.6) is 0 Å². The highest BCUT2D eigenvalue weighted by atomic mass is 16.3. The molecule has 0 aliphatic heterocycles. The van der Waals surface area contributed by atoms with Crippen LogP contribution in [-0.4, -0.2) is 6.54 Å². The van der Waals surface area contributed by atoms with E-state index in [9.17, 15) is 0 Å². The molecule has 1 N–H and O–H groups in total. The third-order valence-electron chi connectivity index (χ3n) is 3.16. The first-order valence-corrected chi connectivity index (χ1v) is 6.54. The van der Waals surface area contributed by atoms with E-state index in [0.717, 1.165) is 30.9 Å². The Morgan fingerprint density at radius 1 is 1.25 bits per heavy atom. The van der Waals surface area contributed by atoms with E-state index in [4.69, 9.17) is 4.42 Å². The first kappa shape index (κ1) is 13.3. The van der Waals surface area contributed by atoms with E-state index >= 15 is 0 Å². The quantitative estimate of drug-likeness (QED) is 0.757. The maximum absolute atomic E-state index is 5.85. The van der Waals surface area contributed by atoms with E-state index < -0.39 is 0 Å². The fourth-order valence-electron chi connectivity index (χ4n) is 1.87. The zero-order valence-corrected chi connectivity index (χ0v) is 11.0. The SMILES string of the molecule is CCCNC(c1ccc(CC)o1)C(C)CC. The van der Waals surface area contributed by atoms with Gasteiger partial charge in [0.05, 0.1) is 6.04 Å². The minimum absolute atomic E-state index is 0.366. The van der Waals surface area contributed by atoms with Gasteiger partial charge in [0, 0.05) is 6.42 Å². The molecule has 0 aliphatic carbocycles. The number of hydrogen-bond donors (Lipinski definition) is 1. The Hall–Kier alpha value is -0.760. The number of nitrogens with one attached hydrogen (secondary N) is 1. The van der Waals surface area contributed by atoms with Crippen LogP contribution in [0.25, 0.3) is 0 Å². The van der Waals surface area contributed by atoms with Gasteiger partial charge in [0.1, 0.15) is 11.5 Å². The molecule has 0 spiro atoms. The van der Waals surface area contributed by atoms with Crippen molar-refractivity contribution in [3.63, 3.8) is 0 Å². The topological polar surface area (TPSA) is 25.2 Å². The standard InChI is InChI=1S/C14H25NO/c1-5-10-15-14(11(4)6-2)13-9-8-12(7-3)16-13/h8-9,11,14-15H,5-7,10H2,1-4H3. The Kier molecular flexibility index (Phi) is 5.61. The number of aryl methyl sites for hydroxylation is 1. The summed E-state index contributed by atoms with van der Waals surface area (Å²) in [6.45, 7) is 9.88. The normalized spacial score (nSPS) is 15.0. The average molecular weight is 223 g/mol. The third kappa shape index (κ3) is 3.38. The number of hydrogen-bond acceptors (Lipinski definition) is 2. The molecule has 92 valence electrons. The lowest BCUT2D eigenvalue weighted by Gasteiger charge is -2.22. The van der Waals surface area contributed by atoms with Crippen LogP contribution in [0.4, 0.5) is 0 Å². The molecule has 0 saturated heterocycles. The minimum Gasteiger partial charge on any atom is -0.464 e. The van der Waals surface area contributed by atoms with E-state index in [1.165, 1.54) is 6.42 Å². The zero-order valence-electron chi connectivity index (χ0n) is 11.0. The van der Waals surface area contributed by atoms with Crippen LogP contribution in [0, 0.1) is 5.92 Å². The van der Waals surface area contributed by atoms with Crippen LogP contribution in [-0.2, 0) is 6.42 Å². The van der Waals surface area contributed by atoms with Gasteiger partial charge in [-0.1, -0.05) is 34.1 Å². The molecule has 0 bridgehead atoms. The summed E-state index contributed by atoms with van der Waals surface area (Å²) >= 11 is 0. The highest BCUT2D eigenvalue weighted by Gasteiger charge is 2.20. The molecule has 2 nitrogen and oxygen atoms in total. The van der Waals surface area contributed by atoms with Gasteiger partial charge in [0.15, 0.2) is 0 Å². The van der Waals surface area contributed by atoms with Crippen molar-refractivity contribution in [2.45, 2.75) is 53.0 Å². The Morgan fingerprint density at radius 3 is 2.50 bits per heavy atom. The van der Waals surface area contributed by atoms with Gasteiger partial charge in [-0.3, -0.25) is 0 Å². The molecule has 0 radical (unpaired) electrons. The lowest BCUT2D eigenvalue weighted by molar-refractivity contribution is 0.312. The second-order valence-corrected chi connectivity index (χ2v) is 4.47. The van der Waals surface area contributed by atoms with Gasteiger partial charge < -0.3 is 9.73 Å². The Morgan fingerprint density at radius 2 is 2.00 bits per heavy atom. The first-order chi connectivity index (χ1) is 7.72. The lowest BCUT2D eigenvalue weighted by atomic mass is 9.97. The van der Waals surface area contributed by atoms with Gasteiger partial charge in [-0.15, -0.1) is 0 Å². The molecule has 0 saturated carbocycles. The maximum Gasteiger partial charge on any atom is 0.121 e. The lowest BCUT2D eigenvalue weighted by Crippen LogP contribution is -2.27. The molecule has 2 atom stereocenters. The maximum atomic E-state index is 5.85. The van der Waals surface area contributed by atoms with Crippen LogP contribution in [0.2, 0.25) is 0 Å². The summed E-state index contributed by atoms with van der Waals surface area (Å²) in [5.41, 5.74) is 0. The summed E-state index contributed by atoms with van der Waals surface area (Å²) in [5, 5.41) is 3.58. The van der Waals surface area contributed by atoms with Gasteiger partial charge in [0.25, 0.3) is 0 Å². The summed E-state index contributed by atoms with van der Waals surface area (Å²) in [7, 11) is 0. The molecule has 0 aliphatic rings. The van der Waals surface area contributed by atoms with Crippen molar-refractivity contribution in [3.8, 4) is 0 Å². The van der Waals surface area contributed by atoms with Gasteiger partial charge in [0.2, 0.25) is 0 Å². The Bertz CT molecular complexity index is 293. The van der Waals surface area contributed by atoms with Crippen molar-refractivity contribution in [2.75, 3.05) is 6.54 Å². The van der Waals surface area contributed by atoms with E-state index in [2.05, 4.69) is 45.1 Å². The monoisotopic (exact) mass is 223 g/mol. The van der Waals surface area contributed by atoms with Crippen LogP contribution in [0.1, 0.15) is 58.1 Å². The van der Waals surface area contributed by atoms with Gasteiger partial charge >= 0.3 is 0 Å². The van der Waals surface area contributed by atoms with E-state index in [1.807, 2.05) is 0 Å². The highest BCUT2D eigenvalue weighted by molar-refractivity contribution is 5.11. The second-order valence-electron chi connectivity index (χ2n) is 4.47. The largest absolute Gasteiger partial charge is 0.464 e. The van der Waals surface area contributed by atoms with E-state index in [1.54, 1.807) is 0 Å². The molecule has 1 rings (SSSR count). The molecule has 16 heavy (non-hydrogen) atoms. The van der Waals surface area contributed by atoms with Crippen molar-refractivity contribution in [3.05, 3.63) is 23.7 Å². The van der Waals surface area contributed by atoms with Crippen molar-refractivity contribution < 1.29 is 4.42 Å². The average Bonchev–Trinajstić information content (AvgIpc) is 2.77. The summed E-state index contributed by atoms with van der Waals surface area (Å²) in [5.74, 6) is 2.80. The summed E-state index contributed by atoms with van der Waals surface area (Å²) in [4.78, 5) is 0. The molecule has 1 aromatic rings. The minimum atomic E-state index is 0.366. The molecular formula is C14H25NO. The van der Waals surface area contributed by atoms with Gasteiger partial charge in [-0.05, 0) is 31.0 Å². The predicted molar refractivity (Wildman–Crippen MR) is 68.6 cm³/mol. The zero-order chi connectivity index (χ0) is 12.0. The summed E-state index contributed by atoms with van der Waals surface area (Å²) < 4.78 is 5.85. The predicted octanol–water partition coefficient (Wildman–Crippen LogP) is 3.93. The molecule has 1 heterocycles. The fourth-order valence-corrected chi connectivity index (χ4v) is 1.87. The van der Waals surface area contributed by atoms with Crippen LogP contribution >= 0.6 is 0 Å². The van der Waals surface area contributed by atoms with Crippen LogP contribution in [0.15, 0.2) is 16.5 Å². The molecule has 0 fully saturated rings. The molecule has 2 unspecified atom stereocenters. The molecule has 0 aromatic carbocycles. The fraction of sp³-hybridized carbons (Fsp3) is 0.714. The smallest absolute Gasteiger partial charge is 0.121 e. The van der Waals surface area contributed by atoms with Gasteiger partial charge in [-0.2, -0.15) is 0 Å². The number of rotatable bonds is 7. The first-order valence-electron chi connectivity index (χ1n) is 6.54. The third-order valence-corrected chi connectivity index (χ3v) is 3.16. The van der Waals surface area contributed by atoms with Crippen molar-refractivity contribution in [1.82, 2.24) is 5.32 Å². The van der Waals surface area contributed by atoms with Crippen molar-refractivity contribution in [2.24, 2.45) is 5.92 Å². The van der Waals surface area contributed by atoms with Gasteiger partial charge in [-0.25, -0.2) is 0 Å². The van der Waals surface area contributed by atoms with Crippen molar-refractivity contribution in [1.29, 1.82) is 0 Å². The van der Waals surface area contributed by atoms with Crippen LogP contribution < -0.4 is 5.32 Å². The molecule has 0 amide bonds. The van der Waals surface area contributed by atoms with Crippen molar-refractivity contribution >= 4 is 0 Å². The van der Waals surface area contributed by atoms with E-state index in [-0.39, 0.29) is 0 Å². The molecule has 1 aromatic heterocycles. The van der Waals surface area contributed by atoms with E-state index in [0.29, 0.717) is 12.0 Å². The Balaban J connectivity index is 2.74. The Labute approximate surface area is 99.4 Å². The highest BCUT2D eigenvalue weighted by Crippen LogP contribution is 2.26. The molecule has 2 heteroatoms. The second kappa shape index (κ2) is 6.74. The summed E-state index contributed by atoms with van der Waals surface area (Å²) in [6, 6.07) is 4.58. The summed E-state index contributed by atoms with van der Waals surface area (Å²) in [6.07, 6.45) is 3.30.